The number of pyridine rings is 1. The van der Waals surface area contributed by atoms with Crippen molar-refractivity contribution >= 4 is 11.7 Å². The van der Waals surface area contributed by atoms with Crippen LogP contribution in [0, 0.1) is 17.0 Å². The molecule has 1 N–H and O–H groups in total. The Morgan fingerprint density at radius 3 is 2.75 bits per heavy atom. The van der Waals surface area contributed by atoms with E-state index in [9.17, 15) is 14.9 Å². The predicted octanol–water partition coefficient (Wildman–Crippen LogP) is 2.79. The quantitative estimate of drug-likeness (QED) is 0.679. The highest BCUT2D eigenvalue weighted by molar-refractivity contribution is 5.88. The number of non-ortho nitro benzene ring substituents is 1. The van der Waals surface area contributed by atoms with Gasteiger partial charge in [-0.2, -0.15) is 0 Å². The molecule has 0 saturated carbocycles. The summed E-state index contributed by atoms with van der Waals surface area (Å²) in [5.74, 6) is -0.984. The summed E-state index contributed by atoms with van der Waals surface area (Å²) >= 11 is 0. The Kier molecular flexibility index (Phi) is 3.60. The number of hydrogen-bond donors (Lipinski definition) is 1. The van der Waals surface area contributed by atoms with Crippen LogP contribution < -0.4 is 4.74 Å². The first kappa shape index (κ1) is 13.5. The van der Waals surface area contributed by atoms with Crippen LogP contribution in [0.2, 0.25) is 0 Å². The van der Waals surface area contributed by atoms with Crippen LogP contribution in [0.5, 0.6) is 11.5 Å². The summed E-state index contributed by atoms with van der Waals surface area (Å²) in [6.07, 6.45) is 1.33. The zero-order valence-electron chi connectivity index (χ0n) is 10.4. The van der Waals surface area contributed by atoms with Crippen LogP contribution >= 0.6 is 0 Å². The summed E-state index contributed by atoms with van der Waals surface area (Å²) in [7, 11) is 0. The number of rotatable bonds is 4. The number of carbonyl (C=O) groups is 1. The van der Waals surface area contributed by atoms with E-state index < -0.39 is 10.9 Å². The summed E-state index contributed by atoms with van der Waals surface area (Å²) in [4.78, 5) is 24.9. The number of nitrogens with zero attached hydrogens (tertiary/aromatic N) is 2. The maximum Gasteiger partial charge on any atom is 0.358 e. The number of nitro groups is 1. The van der Waals surface area contributed by atoms with Gasteiger partial charge in [0.25, 0.3) is 5.69 Å². The Hall–Kier alpha value is -2.96. The highest BCUT2D eigenvalue weighted by atomic mass is 16.6. The Bertz CT molecular complexity index is 684. The molecule has 0 bridgehead atoms. The first-order chi connectivity index (χ1) is 9.49. The van der Waals surface area contributed by atoms with Crippen molar-refractivity contribution in [1.29, 1.82) is 0 Å². The van der Waals surface area contributed by atoms with E-state index in [1.54, 1.807) is 6.92 Å². The molecule has 2 aromatic rings. The van der Waals surface area contributed by atoms with E-state index in [0.717, 1.165) is 0 Å². The molecule has 0 aliphatic carbocycles. The minimum Gasteiger partial charge on any atom is -0.476 e. The Morgan fingerprint density at radius 2 is 2.10 bits per heavy atom. The normalized spacial score (nSPS) is 10.1. The van der Waals surface area contributed by atoms with Crippen molar-refractivity contribution in [2.75, 3.05) is 0 Å². The molecule has 1 aromatic carbocycles. The summed E-state index contributed by atoms with van der Waals surface area (Å²) in [5, 5.41) is 19.7. The van der Waals surface area contributed by atoms with Crippen LogP contribution in [0.4, 0.5) is 5.69 Å². The number of hydrogen-bond acceptors (Lipinski definition) is 5. The lowest BCUT2D eigenvalue weighted by atomic mass is 10.2. The van der Waals surface area contributed by atoms with E-state index >= 15 is 0 Å². The van der Waals surface area contributed by atoms with Gasteiger partial charge < -0.3 is 9.84 Å². The van der Waals surface area contributed by atoms with Crippen LogP contribution in [-0.4, -0.2) is 21.0 Å². The van der Waals surface area contributed by atoms with Gasteiger partial charge in [0.1, 0.15) is 5.75 Å². The van der Waals surface area contributed by atoms with E-state index in [-0.39, 0.29) is 22.9 Å². The van der Waals surface area contributed by atoms with Gasteiger partial charge in [-0.05, 0) is 30.7 Å². The molecule has 0 saturated heterocycles. The van der Waals surface area contributed by atoms with Gasteiger partial charge in [0.05, 0.1) is 11.0 Å². The van der Waals surface area contributed by atoms with E-state index in [2.05, 4.69) is 4.98 Å². The second-order valence-electron chi connectivity index (χ2n) is 3.96. The molecule has 20 heavy (non-hydrogen) atoms. The van der Waals surface area contributed by atoms with Crippen molar-refractivity contribution < 1.29 is 19.6 Å². The number of nitro benzene ring substituents is 1. The first-order valence-electron chi connectivity index (χ1n) is 5.60. The minimum absolute atomic E-state index is 0.0311. The summed E-state index contributed by atoms with van der Waals surface area (Å²) in [5.41, 5.74) is 0.264. The molecule has 0 atom stereocenters. The smallest absolute Gasteiger partial charge is 0.358 e. The highest BCUT2D eigenvalue weighted by Crippen LogP contribution is 2.30. The standard InChI is InChI=1S/C13H10N2O5/c1-8-4-5-9(15(18)19)7-11(8)20-10-3-2-6-14-12(10)13(16)17/h2-7H,1H3,(H,16,17). The first-order valence-corrected chi connectivity index (χ1v) is 5.60. The third kappa shape index (κ3) is 2.72. The van der Waals surface area contributed by atoms with E-state index in [4.69, 9.17) is 9.84 Å². The third-order valence-corrected chi connectivity index (χ3v) is 2.58. The van der Waals surface area contributed by atoms with Crippen LogP contribution in [0.15, 0.2) is 36.5 Å². The van der Waals surface area contributed by atoms with Gasteiger partial charge in [-0.3, -0.25) is 10.1 Å². The fourth-order valence-electron chi connectivity index (χ4n) is 1.56. The molecule has 0 fully saturated rings. The lowest BCUT2D eigenvalue weighted by Gasteiger charge is -2.09. The van der Waals surface area contributed by atoms with Crippen molar-refractivity contribution in [2.24, 2.45) is 0 Å². The third-order valence-electron chi connectivity index (χ3n) is 2.58. The fourth-order valence-corrected chi connectivity index (χ4v) is 1.56. The van der Waals surface area contributed by atoms with Gasteiger partial charge in [-0.25, -0.2) is 9.78 Å². The largest absolute Gasteiger partial charge is 0.476 e. The van der Waals surface area contributed by atoms with Crippen LogP contribution in [0.1, 0.15) is 16.1 Å². The van der Waals surface area contributed by atoms with Crippen molar-refractivity contribution in [3.63, 3.8) is 0 Å². The van der Waals surface area contributed by atoms with Gasteiger partial charge in [-0.1, -0.05) is 0 Å². The van der Waals surface area contributed by atoms with Crippen LogP contribution in [-0.2, 0) is 0 Å². The van der Waals surface area contributed by atoms with Crippen molar-refractivity contribution in [3.05, 3.63) is 57.9 Å². The molecule has 0 radical (unpaired) electrons. The molecule has 0 amide bonds. The number of aryl methyl sites for hydroxylation is 1. The number of ether oxygens (including phenoxy) is 1. The zero-order chi connectivity index (χ0) is 14.7. The molecule has 1 heterocycles. The molecule has 7 nitrogen and oxygen atoms in total. The summed E-state index contributed by atoms with van der Waals surface area (Å²) in [6.45, 7) is 1.70. The Labute approximate surface area is 113 Å². The topological polar surface area (TPSA) is 103 Å². The van der Waals surface area contributed by atoms with Gasteiger partial charge >= 0.3 is 5.97 Å². The second kappa shape index (κ2) is 5.35. The van der Waals surface area contributed by atoms with Gasteiger partial charge in [0, 0.05) is 12.3 Å². The van der Waals surface area contributed by atoms with E-state index in [1.807, 2.05) is 0 Å². The number of benzene rings is 1. The lowest BCUT2D eigenvalue weighted by molar-refractivity contribution is -0.384. The molecule has 1 aromatic heterocycles. The molecule has 0 spiro atoms. The second-order valence-corrected chi connectivity index (χ2v) is 3.96. The SMILES string of the molecule is Cc1ccc([N+](=O)[O-])cc1Oc1cccnc1C(=O)O. The maximum absolute atomic E-state index is 11.0. The summed E-state index contributed by atoms with van der Waals surface area (Å²) in [6, 6.07) is 7.09. The van der Waals surface area contributed by atoms with Crippen molar-refractivity contribution in [3.8, 4) is 11.5 Å². The lowest BCUT2D eigenvalue weighted by Crippen LogP contribution is -2.03. The molecule has 0 unspecified atom stereocenters. The highest BCUT2D eigenvalue weighted by Gasteiger charge is 2.16. The molecule has 0 aliphatic heterocycles. The summed E-state index contributed by atoms with van der Waals surface area (Å²) < 4.78 is 5.44. The monoisotopic (exact) mass is 274 g/mol. The van der Waals surface area contributed by atoms with E-state index in [1.165, 1.54) is 36.5 Å². The molecule has 102 valence electrons. The number of carboxylic acids is 1. The Balaban J connectivity index is 2.42. The van der Waals surface area contributed by atoms with Gasteiger partial charge in [0.15, 0.2) is 11.4 Å². The Morgan fingerprint density at radius 1 is 1.35 bits per heavy atom. The molecule has 0 aliphatic rings. The minimum atomic E-state index is -1.23. The number of aromatic nitrogens is 1. The zero-order valence-corrected chi connectivity index (χ0v) is 10.4. The van der Waals surface area contributed by atoms with Crippen LogP contribution in [0.3, 0.4) is 0 Å². The average molecular weight is 274 g/mol. The molecule has 7 heteroatoms. The fraction of sp³-hybridized carbons (Fsp3) is 0.0769. The number of aromatic carboxylic acids is 1. The predicted molar refractivity (Wildman–Crippen MR) is 69.1 cm³/mol. The van der Waals surface area contributed by atoms with Gasteiger partial charge in [-0.15, -0.1) is 0 Å². The van der Waals surface area contributed by atoms with Crippen molar-refractivity contribution in [1.82, 2.24) is 4.98 Å². The van der Waals surface area contributed by atoms with Crippen molar-refractivity contribution in [2.45, 2.75) is 6.92 Å². The number of carboxylic acid groups (broad SMARTS) is 1. The average Bonchev–Trinajstić information content (AvgIpc) is 2.41. The van der Waals surface area contributed by atoms with Crippen LogP contribution in [0.25, 0.3) is 0 Å². The van der Waals surface area contributed by atoms with E-state index in [0.29, 0.717) is 5.56 Å². The van der Waals surface area contributed by atoms with Gasteiger partial charge in [0.2, 0.25) is 0 Å². The molecule has 2 rings (SSSR count). The molecular formula is C13H10N2O5. The maximum atomic E-state index is 11.0. The molecular weight excluding hydrogens is 264 g/mol.